The summed E-state index contributed by atoms with van der Waals surface area (Å²) >= 11 is 0. The van der Waals surface area contributed by atoms with Crippen molar-refractivity contribution in [1.82, 2.24) is 25.0 Å². The Kier molecular flexibility index (Phi) is 9.46. The fourth-order valence-corrected chi connectivity index (χ4v) is 9.26. The molecule has 0 radical (unpaired) electrons. The Hall–Kier alpha value is -4.95. The van der Waals surface area contributed by atoms with Gasteiger partial charge in [0.25, 0.3) is 15.9 Å². The Balaban J connectivity index is 1.25. The number of nitrogens with one attached hydrogen (secondary N) is 1. The summed E-state index contributed by atoms with van der Waals surface area (Å²) in [6.45, 7) is 5.91. The van der Waals surface area contributed by atoms with E-state index in [4.69, 9.17) is 14.2 Å². The predicted molar refractivity (Wildman–Crippen MR) is 188 cm³/mol. The number of piperidine rings is 1. The summed E-state index contributed by atoms with van der Waals surface area (Å²) in [7, 11) is -1.97. The number of pyridine rings is 1. The lowest BCUT2D eigenvalue weighted by atomic mass is 9.83. The molecular weight excluding hydrogens is 691 g/mol. The van der Waals surface area contributed by atoms with Crippen LogP contribution >= 0.6 is 0 Å². The number of hydrogen-bond donors (Lipinski definition) is 2. The van der Waals surface area contributed by atoms with E-state index >= 15 is 4.79 Å². The maximum absolute atomic E-state index is 15.1. The largest absolute Gasteiger partial charge is 0.497 e. The van der Waals surface area contributed by atoms with Gasteiger partial charge >= 0.3 is 6.03 Å². The SMILES string of the molecule is CCOc1ncccc1[C@]1(NC(=O)N2CC(N3CCC(N4CC(O)C4)CC3)C2)C(=O)N(S(=O)(=O)c2ccc(OC)cc2OC)c2ccc(C#N)cc21. The molecule has 16 heteroatoms. The molecule has 5 heterocycles. The number of aromatic nitrogens is 1. The lowest BCUT2D eigenvalue weighted by Gasteiger charge is -2.50. The van der Waals surface area contributed by atoms with Crippen LogP contribution in [0, 0.1) is 11.3 Å². The van der Waals surface area contributed by atoms with Gasteiger partial charge in [-0.2, -0.15) is 9.57 Å². The van der Waals surface area contributed by atoms with E-state index < -0.39 is 27.5 Å². The minimum absolute atomic E-state index is 0.0207. The fraction of sp³-hybridized carbons (Fsp3) is 0.444. The van der Waals surface area contributed by atoms with Crippen LogP contribution in [-0.2, 0) is 20.4 Å². The molecule has 4 aliphatic rings. The van der Waals surface area contributed by atoms with E-state index in [0.29, 0.717) is 29.2 Å². The number of β-amino-alcohol motifs (C(OH)–C–C–N with tert-alkyl or cyclic N) is 1. The summed E-state index contributed by atoms with van der Waals surface area (Å²) in [4.78, 5) is 39.7. The molecular formula is C36H41N7O8S. The molecule has 3 fully saturated rings. The van der Waals surface area contributed by atoms with Crippen LogP contribution in [0.3, 0.4) is 0 Å². The number of methoxy groups -OCH3 is 2. The van der Waals surface area contributed by atoms with E-state index in [-0.39, 0.29) is 57.7 Å². The lowest BCUT2D eigenvalue weighted by molar-refractivity contribution is -0.121. The zero-order chi connectivity index (χ0) is 36.8. The summed E-state index contributed by atoms with van der Waals surface area (Å²) in [5.41, 5.74) is -1.87. The molecule has 15 nitrogen and oxygen atoms in total. The molecule has 52 heavy (non-hydrogen) atoms. The highest BCUT2D eigenvalue weighted by Crippen LogP contribution is 2.50. The average Bonchev–Trinajstić information content (AvgIpc) is 3.37. The molecule has 2 aromatic carbocycles. The van der Waals surface area contributed by atoms with Gasteiger partial charge in [0.1, 0.15) is 16.4 Å². The van der Waals surface area contributed by atoms with Crippen LogP contribution in [0.2, 0.25) is 0 Å². The molecule has 3 saturated heterocycles. The number of anilines is 1. The van der Waals surface area contributed by atoms with Crippen LogP contribution in [-0.4, -0.2) is 123 Å². The molecule has 4 aliphatic heterocycles. The Morgan fingerprint density at radius 1 is 1.02 bits per heavy atom. The maximum Gasteiger partial charge on any atom is 0.318 e. The number of fused-ring (bicyclic) bond motifs is 1. The number of aliphatic hydroxyl groups excluding tert-OH is 1. The number of urea groups is 1. The van der Waals surface area contributed by atoms with Gasteiger partial charge in [0.05, 0.1) is 49.8 Å². The van der Waals surface area contributed by atoms with E-state index in [2.05, 4.69) is 26.2 Å². The van der Waals surface area contributed by atoms with E-state index in [0.717, 1.165) is 39.0 Å². The number of aliphatic hydroxyl groups is 1. The van der Waals surface area contributed by atoms with Gasteiger partial charge in [0, 0.05) is 69.2 Å². The van der Waals surface area contributed by atoms with Gasteiger partial charge in [0.15, 0.2) is 5.54 Å². The number of carbonyl (C=O) groups is 2. The van der Waals surface area contributed by atoms with Crippen molar-refractivity contribution in [2.24, 2.45) is 0 Å². The highest BCUT2D eigenvalue weighted by Gasteiger charge is 2.59. The molecule has 1 aromatic heterocycles. The van der Waals surface area contributed by atoms with Crippen molar-refractivity contribution in [2.45, 2.75) is 48.4 Å². The second kappa shape index (κ2) is 13.9. The third-order valence-corrected chi connectivity index (χ3v) is 12.2. The number of nitriles is 1. The van der Waals surface area contributed by atoms with E-state index in [1.807, 2.05) is 0 Å². The van der Waals surface area contributed by atoms with Gasteiger partial charge in [0.2, 0.25) is 5.88 Å². The second-order valence-corrected chi connectivity index (χ2v) is 15.1. The van der Waals surface area contributed by atoms with E-state index in [1.54, 1.807) is 24.0 Å². The summed E-state index contributed by atoms with van der Waals surface area (Å²) in [6.07, 6.45) is 3.20. The lowest BCUT2D eigenvalue weighted by Crippen LogP contribution is -2.67. The minimum Gasteiger partial charge on any atom is -0.497 e. The van der Waals surface area contributed by atoms with Crippen molar-refractivity contribution in [3.05, 3.63) is 71.4 Å². The van der Waals surface area contributed by atoms with Crippen molar-refractivity contribution in [3.63, 3.8) is 0 Å². The summed E-state index contributed by atoms with van der Waals surface area (Å²) in [6, 6.07) is 13.5. The molecule has 0 saturated carbocycles. The van der Waals surface area contributed by atoms with Crippen LogP contribution in [0.15, 0.2) is 59.6 Å². The highest BCUT2D eigenvalue weighted by atomic mass is 32.2. The zero-order valence-corrected chi connectivity index (χ0v) is 30.0. The minimum atomic E-state index is -4.71. The maximum atomic E-state index is 15.1. The van der Waals surface area contributed by atoms with Gasteiger partial charge in [-0.1, -0.05) is 0 Å². The third kappa shape index (κ3) is 5.87. The molecule has 2 N–H and O–H groups in total. The normalized spacial score (nSPS) is 21.6. The Bertz CT molecular complexity index is 2020. The van der Waals surface area contributed by atoms with E-state index in [1.165, 1.54) is 56.8 Å². The first kappa shape index (κ1) is 35.5. The first-order chi connectivity index (χ1) is 25.0. The monoisotopic (exact) mass is 731 g/mol. The molecule has 0 aliphatic carbocycles. The van der Waals surface area contributed by atoms with Gasteiger partial charge in [-0.25, -0.2) is 18.2 Å². The molecule has 0 bridgehead atoms. The number of amides is 3. The number of likely N-dealkylation sites (tertiary alicyclic amines) is 3. The summed E-state index contributed by atoms with van der Waals surface area (Å²) in [5, 5.41) is 22.6. The highest BCUT2D eigenvalue weighted by molar-refractivity contribution is 7.93. The second-order valence-electron chi connectivity index (χ2n) is 13.3. The number of carbonyl (C=O) groups excluding carboxylic acids is 2. The van der Waals surface area contributed by atoms with Crippen LogP contribution < -0.4 is 23.8 Å². The quantitative estimate of drug-likeness (QED) is 0.310. The topological polar surface area (TPSA) is 178 Å². The Morgan fingerprint density at radius 2 is 1.77 bits per heavy atom. The molecule has 0 spiro atoms. The third-order valence-electron chi connectivity index (χ3n) is 10.5. The van der Waals surface area contributed by atoms with Crippen molar-refractivity contribution < 1.29 is 37.3 Å². The Labute approximate surface area is 302 Å². The number of benzene rings is 2. The van der Waals surface area contributed by atoms with Crippen molar-refractivity contribution in [2.75, 3.05) is 64.4 Å². The molecule has 7 rings (SSSR count). The fourth-order valence-electron chi connectivity index (χ4n) is 7.66. The molecule has 3 aromatic rings. The number of nitrogens with zero attached hydrogens (tertiary/aromatic N) is 6. The van der Waals surface area contributed by atoms with Crippen molar-refractivity contribution >= 4 is 27.6 Å². The predicted octanol–water partition coefficient (Wildman–Crippen LogP) is 1.88. The van der Waals surface area contributed by atoms with Gasteiger partial charge in [-0.3, -0.25) is 14.6 Å². The van der Waals surface area contributed by atoms with Gasteiger partial charge < -0.3 is 29.5 Å². The number of hydrogen-bond acceptors (Lipinski definition) is 12. The molecule has 0 unspecified atom stereocenters. The number of rotatable bonds is 10. The van der Waals surface area contributed by atoms with Gasteiger partial charge in [-0.15, -0.1) is 0 Å². The number of ether oxygens (including phenoxy) is 3. The zero-order valence-electron chi connectivity index (χ0n) is 29.2. The van der Waals surface area contributed by atoms with Gasteiger partial charge in [-0.05, 0) is 62.2 Å². The van der Waals surface area contributed by atoms with E-state index in [9.17, 15) is 23.6 Å². The van der Waals surface area contributed by atoms with Crippen LogP contribution in [0.25, 0.3) is 0 Å². The summed E-state index contributed by atoms with van der Waals surface area (Å²) in [5.74, 6) is -0.701. The summed E-state index contributed by atoms with van der Waals surface area (Å²) < 4.78 is 46.4. The molecule has 274 valence electrons. The van der Waals surface area contributed by atoms with Crippen LogP contribution in [0.4, 0.5) is 10.5 Å². The molecule has 3 amide bonds. The Morgan fingerprint density at radius 3 is 2.42 bits per heavy atom. The van der Waals surface area contributed by atoms with Crippen LogP contribution in [0.1, 0.15) is 36.5 Å². The molecule has 1 atom stereocenters. The first-order valence-electron chi connectivity index (χ1n) is 17.2. The van der Waals surface area contributed by atoms with Crippen molar-refractivity contribution in [1.29, 1.82) is 5.26 Å². The number of sulfonamides is 1. The standard InChI is InChI=1S/C36H41N7O8S/c1-4-51-33-28(6-5-13-38-33)36(39-35(46)42-19-25(20-42)40-14-11-24(12-15-40)41-21-26(44)22-41)29-16-23(18-37)7-9-30(29)43(34(36)45)52(47,48)32-10-8-27(49-2)17-31(32)50-3/h5-10,13,16-17,24-26,44H,4,11-12,14-15,19-22H2,1-3H3,(H,39,46)/t36-/m1/s1. The van der Waals surface area contributed by atoms with Crippen LogP contribution in [0.5, 0.6) is 17.4 Å². The smallest absolute Gasteiger partial charge is 0.318 e. The van der Waals surface area contributed by atoms with Crippen molar-refractivity contribution in [3.8, 4) is 23.4 Å². The first-order valence-corrected chi connectivity index (χ1v) is 18.7. The average molecular weight is 732 g/mol.